The van der Waals surface area contributed by atoms with E-state index in [0.29, 0.717) is 0 Å². The first-order valence-electron chi connectivity index (χ1n) is 17.9. The highest BCUT2D eigenvalue weighted by atomic mass is 79.9. The predicted octanol–water partition coefficient (Wildman–Crippen LogP) is 14.9. The zero-order valence-corrected chi connectivity index (χ0v) is 33.7. The summed E-state index contributed by atoms with van der Waals surface area (Å²) in [4.78, 5) is 0. The molecular formula is C50H32Br2Cl2. The summed E-state index contributed by atoms with van der Waals surface area (Å²) in [6.45, 7) is 0. The molecule has 0 unspecified atom stereocenters. The fraction of sp³-hybridized carbons (Fsp3) is 0.0400. The molecule has 8 aromatic rings. The van der Waals surface area contributed by atoms with Crippen molar-refractivity contribution >= 4 is 55.1 Å². The van der Waals surface area contributed by atoms with Crippen LogP contribution in [0.2, 0.25) is 10.0 Å². The molecule has 260 valence electrons. The van der Waals surface area contributed by atoms with Crippen molar-refractivity contribution in [2.75, 3.05) is 0 Å². The summed E-state index contributed by atoms with van der Waals surface area (Å²) in [5, 5.41) is 1.52. The number of rotatable bonds is 4. The fourth-order valence-electron chi connectivity index (χ4n) is 8.91. The smallest absolute Gasteiger partial charge is 0.0725 e. The summed E-state index contributed by atoms with van der Waals surface area (Å²) in [6.07, 6.45) is 0. The number of hydrogen-bond donors (Lipinski definition) is 0. The molecule has 0 saturated heterocycles. The van der Waals surface area contributed by atoms with Crippen LogP contribution in [-0.4, -0.2) is 0 Å². The van der Waals surface area contributed by atoms with Crippen LogP contribution in [0.1, 0.15) is 44.5 Å². The van der Waals surface area contributed by atoms with Crippen LogP contribution in [0.15, 0.2) is 203 Å². The van der Waals surface area contributed by atoms with Crippen molar-refractivity contribution in [1.29, 1.82) is 0 Å². The van der Waals surface area contributed by atoms with E-state index in [-0.39, 0.29) is 5.41 Å². The zero-order valence-electron chi connectivity index (χ0n) is 29.0. The average molecular weight is 864 g/mol. The van der Waals surface area contributed by atoms with Gasteiger partial charge in [0.1, 0.15) is 0 Å². The predicted molar refractivity (Wildman–Crippen MR) is 233 cm³/mol. The molecule has 0 spiro atoms. The van der Waals surface area contributed by atoms with E-state index < -0.39 is 5.41 Å². The summed E-state index contributed by atoms with van der Waals surface area (Å²) in [5.74, 6) is 0. The summed E-state index contributed by atoms with van der Waals surface area (Å²) in [5.41, 5.74) is 14.2. The van der Waals surface area contributed by atoms with Crippen molar-refractivity contribution in [2.24, 2.45) is 0 Å². The third kappa shape index (κ3) is 5.46. The topological polar surface area (TPSA) is 0 Å². The Balaban J connectivity index is 0.000000142. The fourth-order valence-corrected chi connectivity index (χ4v) is 10.3. The molecule has 4 heteroatoms. The first-order chi connectivity index (χ1) is 26.4. The molecule has 2 aliphatic carbocycles. The Morgan fingerprint density at radius 3 is 1.28 bits per heavy atom. The summed E-state index contributed by atoms with van der Waals surface area (Å²) >= 11 is 20.5. The standard InChI is InChI=1S/2C25H16BrCl/c26-23-13-7-12-21-20-15-14-19(27)16-22(20)25(24(21)23,17-8-3-1-4-9-17)18-10-5-2-6-11-18;26-19-11-14-23-22(15-19)21-13-12-20(27)16-24(21)25(23,17-7-3-1-4-8-17)18-9-5-2-6-10-18/h2*1-16H. The lowest BCUT2D eigenvalue weighted by atomic mass is 9.68. The van der Waals surface area contributed by atoms with E-state index in [1.54, 1.807) is 0 Å². The van der Waals surface area contributed by atoms with Gasteiger partial charge in [-0.1, -0.05) is 207 Å². The van der Waals surface area contributed by atoms with Gasteiger partial charge in [0, 0.05) is 19.0 Å². The van der Waals surface area contributed by atoms with Crippen LogP contribution in [0.4, 0.5) is 0 Å². The van der Waals surface area contributed by atoms with Gasteiger partial charge in [-0.3, -0.25) is 0 Å². The Bertz CT molecular complexity index is 2550. The number of benzene rings is 8. The molecule has 54 heavy (non-hydrogen) atoms. The van der Waals surface area contributed by atoms with Crippen LogP contribution in [0, 0.1) is 0 Å². The molecule has 0 heterocycles. The third-order valence-electron chi connectivity index (χ3n) is 11.0. The number of hydrogen-bond acceptors (Lipinski definition) is 0. The molecule has 0 saturated carbocycles. The van der Waals surface area contributed by atoms with Crippen LogP contribution in [-0.2, 0) is 10.8 Å². The summed E-state index contributed by atoms with van der Waals surface area (Å²) in [6, 6.07) is 68.4. The molecule has 0 fully saturated rings. The van der Waals surface area contributed by atoms with Crippen LogP contribution >= 0.6 is 55.1 Å². The van der Waals surface area contributed by atoms with E-state index in [4.69, 9.17) is 23.2 Å². The molecule has 0 N–H and O–H groups in total. The maximum absolute atomic E-state index is 6.50. The Hall–Kier alpha value is -4.70. The molecule has 8 aromatic carbocycles. The average Bonchev–Trinajstić information content (AvgIpc) is 3.67. The lowest BCUT2D eigenvalue weighted by molar-refractivity contribution is 0.764. The maximum Gasteiger partial charge on any atom is 0.0725 e. The molecular weight excluding hydrogens is 831 g/mol. The minimum Gasteiger partial charge on any atom is -0.0843 e. The van der Waals surface area contributed by atoms with Crippen LogP contribution in [0.5, 0.6) is 0 Å². The van der Waals surface area contributed by atoms with Crippen LogP contribution < -0.4 is 0 Å². The second kappa shape index (κ2) is 14.2. The molecule has 0 aliphatic heterocycles. The van der Waals surface area contributed by atoms with E-state index in [9.17, 15) is 0 Å². The van der Waals surface area contributed by atoms with Gasteiger partial charge in [0.25, 0.3) is 0 Å². The lowest BCUT2D eigenvalue weighted by Crippen LogP contribution is -2.29. The first kappa shape index (κ1) is 35.0. The summed E-state index contributed by atoms with van der Waals surface area (Å²) < 4.78 is 2.19. The molecule has 10 rings (SSSR count). The molecule has 0 bridgehead atoms. The van der Waals surface area contributed by atoms with Gasteiger partial charge in [-0.2, -0.15) is 0 Å². The highest BCUT2D eigenvalue weighted by molar-refractivity contribution is 9.10. The quantitative estimate of drug-likeness (QED) is 0.165. The molecule has 0 radical (unpaired) electrons. The van der Waals surface area contributed by atoms with Gasteiger partial charge in [-0.15, -0.1) is 0 Å². The summed E-state index contributed by atoms with van der Waals surface area (Å²) in [7, 11) is 0. The van der Waals surface area contributed by atoms with Gasteiger partial charge < -0.3 is 0 Å². The lowest BCUT2D eigenvalue weighted by Gasteiger charge is -2.34. The van der Waals surface area contributed by atoms with Gasteiger partial charge in [0.15, 0.2) is 0 Å². The number of halogens is 4. The normalized spacial score (nSPS) is 13.9. The van der Waals surface area contributed by atoms with E-state index >= 15 is 0 Å². The Kier molecular flexibility index (Phi) is 9.20. The Morgan fingerprint density at radius 2 is 0.778 bits per heavy atom. The second-order valence-corrected chi connectivity index (χ2v) is 16.3. The van der Waals surface area contributed by atoms with Crippen molar-refractivity contribution in [3.05, 3.63) is 258 Å². The molecule has 0 atom stereocenters. The minimum absolute atomic E-state index is 0.376. The van der Waals surface area contributed by atoms with Crippen molar-refractivity contribution in [2.45, 2.75) is 10.8 Å². The van der Waals surface area contributed by atoms with E-state index in [2.05, 4.69) is 214 Å². The molecule has 0 amide bonds. The molecule has 0 nitrogen and oxygen atoms in total. The van der Waals surface area contributed by atoms with Crippen molar-refractivity contribution < 1.29 is 0 Å². The van der Waals surface area contributed by atoms with Crippen LogP contribution in [0.25, 0.3) is 22.3 Å². The molecule has 0 aromatic heterocycles. The monoisotopic (exact) mass is 860 g/mol. The highest BCUT2D eigenvalue weighted by Gasteiger charge is 2.48. The third-order valence-corrected chi connectivity index (χ3v) is 12.6. The molecule has 2 aliphatic rings. The van der Waals surface area contributed by atoms with E-state index in [1.807, 2.05) is 12.1 Å². The van der Waals surface area contributed by atoms with Crippen molar-refractivity contribution in [3.8, 4) is 22.3 Å². The highest BCUT2D eigenvalue weighted by Crippen LogP contribution is 2.59. The second-order valence-electron chi connectivity index (χ2n) is 13.7. The van der Waals surface area contributed by atoms with Gasteiger partial charge in [-0.05, 0) is 109 Å². The van der Waals surface area contributed by atoms with Gasteiger partial charge in [0.05, 0.1) is 10.8 Å². The Labute approximate surface area is 343 Å². The maximum atomic E-state index is 6.50. The van der Waals surface area contributed by atoms with Crippen molar-refractivity contribution in [1.82, 2.24) is 0 Å². The van der Waals surface area contributed by atoms with Gasteiger partial charge in [0.2, 0.25) is 0 Å². The van der Waals surface area contributed by atoms with Crippen molar-refractivity contribution in [3.63, 3.8) is 0 Å². The number of fused-ring (bicyclic) bond motifs is 6. The minimum atomic E-state index is -0.405. The SMILES string of the molecule is Clc1ccc2c(c1)C(c1ccccc1)(c1ccccc1)c1c(Br)cccc1-2.Clc1ccc2c(c1)C(c1ccccc1)(c1ccccc1)c1ccc(Br)cc1-2. The van der Waals surface area contributed by atoms with E-state index in [1.165, 1.54) is 66.8 Å². The largest absolute Gasteiger partial charge is 0.0843 e. The Morgan fingerprint density at radius 1 is 0.333 bits per heavy atom. The van der Waals surface area contributed by atoms with Gasteiger partial charge in [-0.25, -0.2) is 0 Å². The van der Waals surface area contributed by atoms with Gasteiger partial charge >= 0.3 is 0 Å². The first-order valence-corrected chi connectivity index (χ1v) is 20.2. The van der Waals surface area contributed by atoms with E-state index in [0.717, 1.165) is 19.0 Å². The zero-order chi connectivity index (χ0) is 36.9. The van der Waals surface area contributed by atoms with Crippen LogP contribution in [0.3, 0.4) is 0 Å².